The largest absolute Gasteiger partial charge is 1.00 e. The van der Waals surface area contributed by atoms with Crippen LogP contribution >= 0.6 is 23.4 Å². The summed E-state index contributed by atoms with van der Waals surface area (Å²) < 4.78 is 0. The maximum absolute atomic E-state index is 11.9. The molecule has 22 heavy (non-hydrogen) atoms. The Bertz CT molecular complexity index is 681. The summed E-state index contributed by atoms with van der Waals surface area (Å²) in [6.45, 7) is 0. The summed E-state index contributed by atoms with van der Waals surface area (Å²) in [4.78, 5) is 26.8. The zero-order chi connectivity index (χ0) is 15.2. The van der Waals surface area contributed by atoms with Crippen LogP contribution in [0.15, 0.2) is 47.6 Å². The zero-order valence-corrected chi connectivity index (χ0v) is 16.6. The van der Waals surface area contributed by atoms with Gasteiger partial charge in [-0.3, -0.25) is 4.79 Å². The minimum absolute atomic E-state index is 0. The number of Topliss-reactive ketones (excluding diaryl/α,β-unsaturated/α-hetero) is 1. The van der Waals surface area contributed by atoms with Gasteiger partial charge >= 0.3 is 51.4 Å². The first-order valence-corrected chi connectivity index (χ1v) is 7.48. The van der Waals surface area contributed by atoms with E-state index in [1.54, 1.807) is 18.2 Å². The number of aromatic nitrogens is 1. The van der Waals surface area contributed by atoms with Gasteiger partial charge in [0, 0.05) is 23.2 Å². The predicted octanol–water partition coefficient (Wildman–Crippen LogP) is -0.994. The van der Waals surface area contributed by atoms with Crippen molar-refractivity contribution in [3.8, 4) is 0 Å². The summed E-state index contributed by atoms with van der Waals surface area (Å²) in [5, 5.41) is 11.8. The molecule has 1 aromatic heterocycles. The zero-order valence-electron chi connectivity index (χ0n) is 11.9. The minimum Gasteiger partial charge on any atom is -0.545 e. The predicted molar refractivity (Wildman–Crippen MR) is 79.5 cm³/mol. The van der Waals surface area contributed by atoms with Gasteiger partial charge in [0.1, 0.15) is 10.8 Å². The molecule has 0 N–H and O–H groups in total. The molecular weight excluding hydrogens is 349 g/mol. The Hall–Kier alpha value is -0.214. The molecule has 0 unspecified atom stereocenters. The topological polar surface area (TPSA) is 70.1 Å². The Morgan fingerprint density at radius 3 is 2.59 bits per heavy atom. The van der Waals surface area contributed by atoms with Crippen LogP contribution in [0.1, 0.15) is 15.9 Å². The van der Waals surface area contributed by atoms with Crippen molar-refractivity contribution < 1.29 is 66.1 Å². The fourth-order valence-electron chi connectivity index (χ4n) is 1.72. The number of carboxylic acids is 1. The number of benzene rings is 1. The second kappa shape index (κ2) is 9.82. The number of aromatic carboxylic acids is 1. The maximum atomic E-state index is 11.9. The van der Waals surface area contributed by atoms with Crippen LogP contribution in [0.5, 0.6) is 0 Å². The van der Waals surface area contributed by atoms with E-state index >= 15 is 0 Å². The molecule has 0 aliphatic heterocycles. The summed E-state index contributed by atoms with van der Waals surface area (Å²) in [5.74, 6) is -1.23. The van der Waals surface area contributed by atoms with Crippen LogP contribution < -0.4 is 56.5 Å². The molecule has 0 aliphatic rings. The number of nitrogens with zero attached hydrogens (tertiary/aromatic N) is 1. The first-order chi connectivity index (χ1) is 10.1. The van der Waals surface area contributed by atoms with Crippen molar-refractivity contribution in [3.05, 3.63) is 58.7 Å². The van der Waals surface area contributed by atoms with Gasteiger partial charge in [0.05, 0.1) is 11.7 Å². The summed E-state index contributed by atoms with van der Waals surface area (Å²) in [7, 11) is 0. The van der Waals surface area contributed by atoms with Crippen molar-refractivity contribution in [2.24, 2.45) is 0 Å². The van der Waals surface area contributed by atoms with E-state index in [1.165, 1.54) is 18.3 Å². The molecule has 0 atom stereocenters. The number of carboxylic acid groups (broad SMARTS) is 1. The normalized spacial score (nSPS) is 9.86. The second-order valence-electron chi connectivity index (χ2n) is 4.24. The summed E-state index contributed by atoms with van der Waals surface area (Å²) in [6.07, 6.45) is 1.69. The summed E-state index contributed by atoms with van der Waals surface area (Å²) in [5.41, 5.74) is 0.749. The molecule has 1 heterocycles. The van der Waals surface area contributed by atoms with E-state index < -0.39 is 5.97 Å². The quantitative estimate of drug-likeness (QED) is 0.489. The fourth-order valence-corrected chi connectivity index (χ4v) is 2.76. The average Bonchev–Trinajstić information content (AvgIpc) is 2.48. The number of halogens is 1. The van der Waals surface area contributed by atoms with E-state index in [0.29, 0.717) is 5.02 Å². The van der Waals surface area contributed by atoms with E-state index in [9.17, 15) is 14.7 Å². The van der Waals surface area contributed by atoms with Crippen molar-refractivity contribution >= 4 is 35.1 Å². The third-order valence-corrected chi connectivity index (χ3v) is 4.14. The standard InChI is InChI=1S/C15H12ClNO3S.K/c16-13-6-2-1-4-10(13)8-11(18)9-21-14-12(15(19)20)5-3-7-17-14;/h1-7H,8-9H2,(H,19,20);/q;+1/p-1. The maximum Gasteiger partial charge on any atom is 1.00 e. The smallest absolute Gasteiger partial charge is 0.545 e. The Balaban J connectivity index is 0.00000242. The molecule has 0 spiro atoms. The molecule has 0 radical (unpaired) electrons. The molecule has 0 amide bonds. The van der Waals surface area contributed by atoms with E-state index in [0.717, 1.165) is 17.3 Å². The molecule has 1 aromatic carbocycles. The van der Waals surface area contributed by atoms with Crippen molar-refractivity contribution in [1.82, 2.24) is 4.98 Å². The van der Waals surface area contributed by atoms with Gasteiger partial charge in [0.2, 0.25) is 0 Å². The van der Waals surface area contributed by atoms with Crippen LogP contribution in [0.25, 0.3) is 0 Å². The Labute approximate surface area is 180 Å². The first kappa shape index (κ1) is 19.8. The molecule has 7 heteroatoms. The monoisotopic (exact) mass is 359 g/mol. The second-order valence-corrected chi connectivity index (χ2v) is 5.61. The number of pyridine rings is 1. The average molecular weight is 360 g/mol. The molecule has 2 aromatic rings. The van der Waals surface area contributed by atoms with Gasteiger partial charge in [0.25, 0.3) is 0 Å². The molecule has 108 valence electrons. The number of hydrogen-bond acceptors (Lipinski definition) is 5. The van der Waals surface area contributed by atoms with Crippen LogP contribution in [0, 0.1) is 0 Å². The van der Waals surface area contributed by atoms with E-state index in [-0.39, 0.29) is 79.9 Å². The van der Waals surface area contributed by atoms with Gasteiger partial charge in [-0.1, -0.05) is 41.6 Å². The Morgan fingerprint density at radius 1 is 1.18 bits per heavy atom. The number of ketones is 1. The molecule has 2 rings (SSSR count). The van der Waals surface area contributed by atoms with Crippen LogP contribution in [-0.4, -0.2) is 22.5 Å². The molecule has 0 saturated carbocycles. The van der Waals surface area contributed by atoms with Crippen molar-refractivity contribution in [3.63, 3.8) is 0 Å². The number of carbonyl (C=O) groups excluding carboxylic acids is 2. The number of carbonyl (C=O) groups is 2. The summed E-state index contributed by atoms with van der Waals surface area (Å²) >= 11 is 7.08. The van der Waals surface area contributed by atoms with Crippen LogP contribution in [0.2, 0.25) is 5.02 Å². The number of hydrogen-bond donors (Lipinski definition) is 0. The van der Waals surface area contributed by atoms with E-state index in [4.69, 9.17) is 11.6 Å². The summed E-state index contributed by atoms with van der Waals surface area (Å²) in [6, 6.07) is 10.0. The number of thioether (sulfide) groups is 1. The number of rotatable bonds is 6. The van der Waals surface area contributed by atoms with Gasteiger partial charge in [-0.05, 0) is 23.8 Å². The van der Waals surface area contributed by atoms with Crippen LogP contribution in [-0.2, 0) is 11.2 Å². The SMILES string of the molecule is O=C(CSc1ncccc1C(=O)[O-])Cc1ccccc1Cl.[K+]. The van der Waals surface area contributed by atoms with Gasteiger partial charge in [-0.15, -0.1) is 0 Å². The molecule has 0 bridgehead atoms. The third kappa shape index (κ3) is 5.77. The molecule has 0 aliphatic carbocycles. The molecule has 4 nitrogen and oxygen atoms in total. The van der Waals surface area contributed by atoms with Crippen LogP contribution in [0.3, 0.4) is 0 Å². The molecule has 0 saturated heterocycles. The van der Waals surface area contributed by atoms with E-state index in [2.05, 4.69) is 4.98 Å². The third-order valence-electron chi connectivity index (χ3n) is 2.71. The van der Waals surface area contributed by atoms with Gasteiger partial charge < -0.3 is 9.90 Å². The van der Waals surface area contributed by atoms with Crippen molar-refractivity contribution in [2.75, 3.05) is 5.75 Å². The van der Waals surface area contributed by atoms with E-state index in [1.807, 2.05) is 6.07 Å². The van der Waals surface area contributed by atoms with Gasteiger partial charge in [0.15, 0.2) is 0 Å². The Morgan fingerprint density at radius 2 is 1.91 bits per heavy atom. The van der Waals surface area contributed by atoms with Crippen molar-refractivity contribution in [1.29, 1.82) is 0 Å². The minimum atomic E-state index is -1.30. The van der Waals surface area contributed by atoms with Gasteiger partial charge in [-0.2, -0.15) is 0 Å². The van der Waals surface area contributed by atoms with Crippen LogP contribution in [0.4, 0.5) is 0 Å². The van der Waals surface area contributed by atoms with Gasteiger partial charge in [-0.25, -0.2) is 4.98 Å². The fraction of sp³-hybridized carbons (Fsp3) is 0.133. The first-order valence-electron chi connectivity index (χ1n) is 6.12. The molecule has 0 fully saturated rings. The van der Waals surface area contributed by atoms with Crippen molar-refractivity contribution in [2.45, 2.75) is 11.4 Å². The molecular formula is C15H11ClKNO3S. The Kier molecular flexibility index (Phi) is 8.85.